The lowest BCUT2D eigenvalue weighted by Gasteiger charge is -2.30. The molecule has 6 nitrogen and oxygen atoms in total. The minimum Gasteiger partial charge on any atom is -0.292 e. The van der Waals surface area contributed by atoms with E-state index in [4.69, 9.17) is 11.6 Å². The molecule has 32 heavy (non-hydrogen) atoms. The Morgan fingerprint density at radius 1 is 1.09 bits per heavy atom. The highest BCUT2D eigenvalue weighted by molar-refractivity contribution is 6.34. The maximum atomic E-state index is 13.4. The van der Waals surface area contributed by atoms with Gasteiger partial charge in [-0.3, -0.25) is 19.2 Å². The van der Waals surface area contributed by atoms with Crippen LogP contribution in [0.5, 0.6) is 0 Å². The number of ketones is 1. The van der Waals surface area contributed by atoms with E-state index in [1.165, 1.54) is 24.3 Å². The number of imide groups is 1. The van der Waals surface area contributed by atoms with E-state index in [1.807, 2.05) is 19.1 Å². The maximum absolute atomic E-state index is 13.4. The average Bonchev–Trinajstić information content (AvgIpc) is 3.03. The number of allylic oxidation sites excluding steroid dienone is 2. The lowest BCUT2D eigenvalue weighted by atomic mass is 9.78. The number of hydrogen-bond donors (Lipinski definition) is 0. The highest BCUT2D eigenvalue weighted by Gasteiger charge is 2.53. The first-order valence-electron chi connectivity index (χ1n) is 10.2. The molecule has 0 unspecified atom stereocenters. The van der Waals surface area contributed by atoms with Crippen LogP contribution in [-0.4, -0.2) is 40.1 Å². The summed E-state index contributed by atoms with van der Waals surface area (Å²) in [6.07, 6.45) is 4.11. The van der Waals surface area contributed by atoms with Crippen LogP contribution in [0.4, 0.5) is 4.39 Å². The lowest BCUT2D eigenvalue weighted by molar-refractivity contribution is -0.154. The second kappa shape index (κ2) is 8.67. The van der Waals surface area contributed by atoms with Gasteiger partial charge in [0.05, 0.1) is 22.4 Å². The standard InChI is InChI=1S/C24H20ClFN2O4/c1-14-5-4-7-18-21(14)24(32)28(23(18)31)27(22(30)17-6-2-3-8-19(17)25)13-20(29)15-9-11-16(26)12-10-15/h2-6,8-12,14,18,21H,7,13H2,1H3/t14-,18+,21+/m1/s1. The molecule has 164 valence electrons. The number of rotatable bonds is 5. The largest absolute Gasteiger partial charge is 0.292 e. The zero-order chi connectivity index (χ0) is 23.0. The van der Waals surface area contributed by atoms with Crippen LogP contribution < -0.4 is 0 Å². The topological polar surface area (TPSA) is 74.8 Å². The summed E-state index contributed by atoms with van der Waals surface area (Å²) < 4.78 is 13.3. The molecule has 0 spiro atoms. The molecule has 1 fully saturated rings. The molecule has 1 aliphatic carbocycles. The molecule has 3 atom stereocenters. The molecule has 0 N–H and O–H groups in total. The zero-order valence-corrected chi connectivity index (χ0v) is 18.0. The summed E-state index contributed by atoms with van der Waals surface area (Å²) >= 11 is 6.19. The van der Waals surface area contributed by atoms with E-state index < -0.39 is 47.7 Å². The number of carbonyl (C=O) groups is 4. The second-order valence-corrected chi connectivity index (χ2v) is 8.32. The fourth-order valence-corrected chi connectivity index (χ4v) is 4.46. The monoisotopic (exact) mass is 454 g/mol. The van der Waals surface area contributed by atoms with Crippen molar-refractivity contribution in [1.82, 2.24) is 10.0 Å². The van der Waals surface area contributed by atoms with Crippen molar-refractivity contribution in [3.63, 3.8) is 0 Å². The predicted octanol–water partition coefficient (Wildman–Crippen LogP) is 3.92. The third kappa shape index (κ3) is 3.84. The summed E-state index contributed by atoms with van der Waals surface area (Å²) in [4.78, 5) is 52.8. The Morgan fingerprint density at radius 3 is 2.44 bits per heavy atom. The summed E-state index contributed by atoms with van der Waals surface area (Å²) in [5, 5.41) is 1.79. The van der Waals surface area contributed by atoms with Crippen molar-refractivity contribution in [2.75, 3.05) is 6.54 Å². The number of nitrogens with zero attached hydrogens (tertiary/aromatic N) is 2. The maximum Gasteiger partial charge on any atom is 0.274 e. The van der Waals surface area contributed by atoms with Crippen molar-refractivity contribution >= 4 is 35.1 Å². The van der Waals surface area contributed by atoms with Crippen molar-refractivity contribution in [2.24, 2.45) is 17.8 Å². The molecule has 8 heteroatoms. The number of fused-ring (bicyclic) bond motifs is 1. The van der Waals surface area contributed by atoms with Crippen LogP contribution in [0.15, 0.2) is 60.7 Å². The van der Waals surface area contributed by atoms with Gasteiger partial charge in [0, 0.05) is 5.56 Å². The Bertz CT molecular complexity index is 1130. The molecule has 1 heterocycles. The van der Waals surface area contributed by atoms with Crippen molar-refractivity contribution in [1.29, 1.82) is 0 Å². The van der Waals surface area contributed by atoms with Crippen LogP contribution >= 0.6 is 11.6 Å². The molecule has 3 amide bonds. The molecule has 4 rings (SSSR count). The van der Waals surface area contributed by atoms with Crippen LogP contribution in [-0.2, 0) is 9.59 Å². The Kier molecular flexibility index (Phi) is 5.93. The Labute approximate surface area is 189 Å². The van der Waals surface area contributed by atoms with E-state index in [-0.39, 0.29) is 22.1 Å². The van der Waals surface area contributed by atoms with Crippen LogP contribution in [0, 0.1) is 23.6 Å². The lowest BCUT2D eigenvalue weighted by Crippen LogP contribution is -2.52. The number of carbonyl (C=O) groups excluding carboxylic acids is 4. The van der Waals surface area contributed by atoms with Gasteiger partial charge in [-0.15, -0.1) is 0 Å². The molecule has 0 saturated carbocycles. The summed E-state index contributed by atoms with van der Waals surface area (Å²) in [5.74, 6) is -4.23. The molecular formula is C24H20ClFN2O4. The van der Waals surface area contributed by atoms with Crippen LogP contribution in [0.3, 0.4) is 0 Å². The third-order valence-corrected chi connectivity index (χ3v) is 6.22. The van der Waals surface area contributed by atoms with E-state index in [0.717, 1.165) is 22.2 Å². The molecular weight excluding hydrogens is 435 g/mol. The van der Waals surface area contributed by atoms with E-state index in [2.05, 4.69) is 0 Å². The van der Waals surface area contributed by atoms with E-state index in [0.29, 0.717) is 6.42 Å². The molecule has 0 bridgehead atoms. The Morgan fingerprint density at radius 2 is 1.78 bits per heavy atom. The van der Waals surface area contributed by atoms with Crippen LogP contribution in [0.2, 0.25) is 5.02 Å². The number of hydrogen-bond acceptors (Lipinski definition) is 4. The minimum atomic E-state index is -0.743. The van der Waals surface area contributed by atoms with Gasteiger partial charge in [-0.25, -0.2) is 9.40 Å². The molecule has 2 aromatic carbocycles. The van der Waals surface area contributed by atoms with Gasteiger partial charge in [0.15, 0.2) is 5.78 Å². The number of amides is 3. The van der Waals surface area contributed by atoms with Crippen molar-refractivity contribution in [3.8, 4) is 0 Å². The van der Waals surface area contributed by atoms with Crippen molar-refractivity contribution in [3.05, 3.63) is 82.6 Å². The Hall–Kier alpha value is -3.32. The quantitative estimate of drug-likeness (QED) is 0.390. The van der Waals surface area contributed by atoms with Crippen molar-refractivity contribution in [2.45, 2.75) is 13.3 Å². The Balaban J connectivity index is 1.72. The molecule has 1 saturated heterocycles. The van der Waals surface area contributed by atoms with Gasteiger partial charge in [-0.2, -0.15) is 5.01 Å². The van der Waals surface area contributed by atoms with Gasteiger partial charge in [0.25, 0.3) is 17.7 Å². The van der Waals surface area contributed by atoms with Gasteiger partial charge in [-0.05, 0) is 48.7 Å². The van der Waals surface area contributed by atoms with Gasteiger partial charge in [-0.1, -0.05) is 42.8 Å². The van der Waals surface area contributed by atoms with Crippen LogP contribution in [0.1, 0.15) is 34.1 Å². The summed E-state index contributed by atoms with van der Waals surface area (Å²) in [6.45, 7) is 1.26. The molecule has 0 aromatic heterocycles. The molecule has 1 aliphatic heterocycles. The van der Waals surface area contributed by atoms with E-state index in [9.17, 15) is 23.6 Å². The molecule has 2 aromatic rings. The number of benzene rings is 2. The predicted molar refractivity (Wildman–Crippen MR) is 115 cm³/mol. The SMILES string of the molecule is C[C@@H]1C=CC[C@@H]2C(=O)N(N(CC(=O)c3ccc(F)cc3)C(=O)c3ccccc3Cl)C(=O)[C@@H]12. The van der Waals surface area contributed by atoms with Crippen LogP contribution in [0.25, 0.3) is 0 Å². The number of Topliss-reactive ketones (excluding diaryl/α,β-unsaturated/α-hetero) is 1. The van der Waals surface area contributed by atoms with Gasteiger partial charge in [0.1, 0.15) is 12.4 Å². The first-order chi connectivity index (χ1) is 15.3. The molecule has 0 radical (unpaired) electrons. The number of halogens is 2. The summed E-state index contributed by atoms with van der Waals surface area (Å²) in [7, 11) is 0. The van der Waals surface area contributed by atoms with E-state index >= 15 is 0 Å². The van der Waals surface area contributed by atoms with Gasteiger partial charge in [0.2, 0.25) is 0 Å². The highest BCUT2D eigenvalue weighted by atomic mass is 35.5. The summed E-state index contributed by atoms with van der Waals surface area (Å²) in [6, 6.07) is 11.0. The smallest absolute Gasteiger partial charge is 0.274 e. The fraction of sp³-hybridized carbons (Fsp3) is 0.250. The van der Waals surface area contributed by atoms with E-state index in [1.54, 1.807) is 12.1 Å². The first kappa shape index (κ1) is 21.9. The average molecular weight is 455 g/mol. The third-order valence-electron chi connectivity index (χ3n) is 5.89. The highest BCUT2D eigenvalue weighted by Crippen LogP contribution is 2.39. The number of hydrazine groups is 1. The zero-order valence-electron chi connectivity index (χ0n) is 17.2. The van der Waals surface area contributed by atoms with Crippen molar-refractivity contribution < 1.29 is 23.6 Å². The minimum absolute atomic E-state index is 0.0581. The summed E-state index contributed by atoms with van der Waals surface area (Å²) in [5.41, 5.74) is 0.206. The normalized spacial score (nSPS) is 22.1. The molecule has 2 aliphatic rings. The first-order valence-corrected chi connectivity index (χ1v) is 10.6. The van der Waals surface area contributed by atoms with Gasteiger partial charge >= 0.3 is 0 Å². The second-order valence-electron chi connectivity index (χ2n) is 7.92. The fourth-order valence-electron chi connectivity index (χ4n) is 4.24. The van der Waals surface area contributed by atoms with Gasteiger partial charge < -0.3 is 0 Å².